The van der Waals surface area contributed by atoms with Crippen LogP contribution in [0.3, 0.4) is 0 Å². The van der Waals surface area contributed by atoms with Crippen molar-refractivity contribution in [2.45, 2.75) is 19.5 Å². The minimum absolute atomic E-state index is 0.350. The first-order valence-corrected chi connectivity index (χ1v) is 10.8. The SMILES string of the molecule is CCOc1ccc2c(c1)CN(C[C@H](NC(=O)NC=O)c1ccc(-c3ccncc3)cc1)CO2. The van der Waals surface area contributed by atoms with Gasteiger partial charge in [0.25, 0.3) is 0 Å². The lowest BCUT2D eigenvalue weighted by Crippen LogP contribution is -2.44. The number of urea groups is 1. The zero-order valence-electron chi connectivity index (χ0n) is 18.4. The molecule has 8 nitrogen and oxygen atoms in total. The van der Waals surface area contributed by atoms with Crippen molar-refractivity contribution in [2.24, 2.45) is 0 Å². The fourth-order valence-electron chi connectivity index (χ4n) is 3.84. The first kappa shape index (κ1) is 22.3. The molecule has 1 aliphatic heterocycles. The van der Waals surface area contributed by atoms with Crippen LogP contribution in [-0.2, 0) is 11.3 Å². The monoisotopic (exact) mass is 446 g/mol. The molecule has 8 heteroatoms. The maximum Gasteiger partial charge on any atom is 0.321 e. The summed E-state index contributed by atoms with van der Waals surface area (Å²) in [6.07, 6.45) is 3.87. The van der Waals surface area contributed by atoms with Gasteiger partial charge in [0.05, 0.1) is 12.6 Å². The predicted octanol–water partition coefficient (Wildman–Crippen LogP) is 3.50. The Morgan fingerprint density at radius 2 is 1.91 bits per heavy atom. The maximum absolute atomic E-state index is 12.1. The van der Waals surface area contributed by atoms with Crippen molar-refractivity contribution in [2.75, 3.05) is 19.9 Å². The Labute approximate surface area is 192 Å². The van der Waals surface area contributed by atoms with E-state index in [1.165, 1.54) is 0 Å². The van der Waals surface area contributed by atoms with Crippen LogP contribution in [0.2, 0.25) is 0 Å². The summed E-state index contributed by atoms with van der Waals surface area (Å²) in [7, 11) is 0. The fourth-order valence-corrected chi connectivity index (χ4v) is 3.84. The number of carbonyl (C=O) groups is 2. The van der Waals surface area contributed by atoms with Crippen LogP contribution in [0, 0.1) is 0 Å². The Morgan fingerprint density at radius 1 is 1.15 bits per heavy atom. The zero-order valence-corrected chi connectivity index (χ0v) is 18.4. The predicted molar refractivity (Wildman–Crippen MR) is 124 cm³/mol. The summed E-state index contributed by atoms with van der Waals surface area (Å²) in [6.45, 7) is 4.08. The molecule has 3 aromatic rings. The number of imide groups is 1. The van der Waals surface area contributed by atoms with Crippen LogP contribution in [0.4, 0.5) is 4.79 Å². The Bertz CT molecular complexity index is 1090. The van der Waals surface area contributed by atoms with Gasteiger partial charge in [0.15, 0.2) is 0 Å². The van der Waals surface area contributed by atoms with Crippen molar-refractivity contribution in [1.82, 2.24) is 20.5 Å². The molecule has 0 spiro atoms. The second-order valence-corrected chi connectivity index (χ2v) is 7.63. The summed E-state index contributed by atoms with van der Waals surface area (Å²) in [5.41, 5.74) is 4.06. The van der Waals surface area contributed by atoms with Gasteiger partial charge in [-0.3, -0.25) is 20.0 Å². The van der Waals surface area contributed by atoms with E-state index in [0.717, 1.165) is 33.8 Å². The van der Waals surface area contributed by atoms with E-state index in [0.29, 0.717) is 32.8 Å². The average Bonchev–Trinajstić information content (AvgIpc) is 2.84. The number of hydrogen-bond donors (Lipinski definition) is 2. The highest BCUT2D eigenvalue weighted by atomic mass is 16.5. The highest BCUT2D eigenvalue weighted by Crippen LogP contribution is 2.30. The lowest BCUT2D eigenvalue weighted by molar-refractivity contribution is -0.108. The largest absolute Gasteiger partial charge is 0.494 e. The lowest BCUT2D eigenvalue weighted by Gasteiger charge is -2.32. The molecule has 1 atom stereocenters. The number of pyridine rings is 1. The highest BCUT2D eigenvalue weighted by Gasteiger charge is 2.23. The van der Waals surface area contributed by atoms with Crippen LogP contribution >= 0.6 is 0 Å². The van der Waals surface area contributed by atoms with Gasteiger partial charge in [-0.1, -0.05) is 24.3 Å². The van der Waals surface area contributed by atoms with Crippen molar-refractivity contribution < 1.29 is 19.1 Å². The van der Waals surface area contributed by atoms with E-state index >= 15 is 0 Å². The molecule has 2 aromatic carbocycles. The van der Waals surface area contributed by atoms with E-state index in [2.05, 4.69) is 20.5 Å². The third kappa shape index (κ3) is 5.67. The summed E-state index contributed by atoms with van der Waals surface area (Å²) in [4.78, 5) is 29.0. The van der Waals surface area contributed by atoms with Gasteiger partial charge in [0.2, 0.25) is 6.41 Å². The van der Waals surface area contributed by atoms with Gasteiger partial charge in [-0.15, -0.1) is 0 Å². The molecule has 0 bridgehead atoms. The van der Waals surface area contributed by atoms with Crippen molar-refractivity contribution in [3.05, 3.63) is 78.1 Å². The molecule has 0 unspecified atom stereocenters. The molecule has 2 N–H and O–H groups in total. The summed E-state index contributed by atoms with van der Waals surface area (Å²) >= 11 is 0. The summed E-state index contributed by atoms with van der Waals surface area (Å²) in [5, 5.41) is 5.04. The number of amides is 3. The molecule has 0 aliphatic carbocycles. The number of carbonyl (C=O) groups excluding carboxylic acids is 2. The topological polar surface area (TPSA) is 92.8 Å². The zero-order chi connectivity index (χ0) is 23.0. The van der Waals surface area contributed by atoms with Crippen molar-refractivity contribution in [3.63, 3.8) is 0 Å². The molecule has 0 fully saturated rings. The summed E-state index contributed by atoms with van der Waals surface area (Å²) in [5.74, 6) is 1.63. The molecular weight excluding hydrogens is 420 g/mol. The van der Waals surface area contributed by atoms with Gasteiger partial charge in [0.1, 0.15) is 18.2 Å². The van der Waals surface area contributed by atoms with Gasteiger partial charge in [-0.2, -0.15) is 0 Å². The van der Waals surface area contributed by atoms with Crippen LogP contribution in [0.15, 0.2) is 67.0 Å². The fraction of sp³-hybridized carbons (Fsp3) is 0.240. The van der Waals surface area contributed by atoms with Crippen LogP contribution in [0.1, 0.15) is 24.1 Å². The number of ether oxygens (including phenoxy) is 2. The third-order valence-electron chi connectivity index (χ3n) is 5.40. The standard InChI is InChI=1S/C25H26N4O4/c1-2-32-22-7-8-24-21(13-22)14-29(17-33-24)15-23(28-25(31)27-16-30)20-5-3-18(4-6-20)19-9-11-26-12-10-19/h3-13,16,23H,2,14-15,17H2,1H3,(H2,27,28,30,31)/t23-/m0/s1. The van der Waals surface area contributed by atoms with E-state index in [-0.39, 0.29) is 6.04 Å². The van der Waals surface area contributed by atoms with Crippen molar-refractivity contribution in [1.29, 1.82) is 0 Å². The van der Waals surface area contributed by atoms with E-state index < -0.39 is 6.03 Å². The number of nitrogens with one attached hydrogen (secondary N) is 2. The molecule has 1 aliphatic rings. The normalized spacial score (nSPS) is 13.8. The Balaban J connectivity index is 1.52. The van der Waals surface area contributed by atoms with Crippen molar-refractivity contribution >= 4 is 12.4 Å². The van der Waals surface area contributed by atoms with Gasteiger partial charge in [-0.25, -0.2) is 4.79 Å². The molecule has 0 saturated carbocycles. The van der Waals surface area contributed by atoms with E-state index in [9.17, 15) is 9.59 Å². The minimum Gasteiger partial charge on any atom is -0.494 e. The second-order valence-electron chi connectivity index (χ2n) is 7.63. The van der Waals surface area contributed by atoms with E-state index in [4.69, 9.17) is 9.47 Å². The first-order valence-electron chi connectivity index (χ1n) is 10.8. The molecule has 2 heterocycles. The van der Waals surface area contributed by atoms with E-state index in [1.807, 2.05) is 61.5 Å². The quantitative estimate of drug-likeness (QED) is 0.515. The molecule has 170 valence electrons. The maximum atomic E-state index is 12.1. The number of nitrogens with zero attached hydrogens (tertiary/aromatic N) is 2. The molecule has 0 radical (unpaired) electrons. The van der Waals surface area contributed by atoms with Crippen LogP contribution < -0.4 is 20.1 Å². The Morgan fingerprint density at radius 3 is 2.64 bits per heavy atom. The summed E-state index contributed by atoms with van der Waals surface area (Å²) < 4.78 is 11.5. The van der Waals surface area contributed by atoms with Crippen LogP contribution in [0.25, 0.3) is 11.1 Å². The van der Waals surface area contributed by atoms with Gasteiger partial charge in [0, 0.05) is 31.0 Å². The molecule has 0 saturated heterocycles. The van der Waals surface area contributed by atoms with Gasteiger partial charge >= 0.3 is 6.03 Å². The van der Waals surface area contributed by atoms with Crippen molar-refractivity contribution in [3.8, 4) is 22.6 Å². The molecular formula is C25H26N4O4. The minimum atomic E-state index is -0.551. The molecule has 3 amide bonds. The highest BCUT2D eigenvalue weighted by molar-refractivity contribution is 5.84. The van der Waals surface area contributed by atoms with Gasteiger partial charge < -0.3 is 14.8 Å². The number of benzene rings is 2. The van der Waals surface area contributed by atoms with Crippen LogP contribution in [-0.4, -0.2) is 42.2 Å². The van der Waals surface area contributed by atoms with E-state index in [1.54, 1.807) is 12.4 Å². The number of hydrogen-bond acceptors (Lipinski definition) is 6. The molecule has 1 aromatic heterocycles. The third-order valence-corrected chi connectivity index (χ3v) is 5.40. The second kappa shape index (κ2) is 10.6. The van der Waals surface area contributed by atoms with Crippen LogP contribution in [0.5, 0.6) is 11.5 Å². The Kier molecular flexibility index (Phi) is 7.16. The number of fused-ring (bicyclic) bond motifs is 1. The Hall–Kier alpha value is -3.91. The molecule has 4 rings (SSSR count). The first-order chi connectivity index (χ1) is 16.2. The molecule has 33 heavy (non-hydrogen) atoms. The smallest absolute Gasteiger partial charge is 0.321 e. The lowest BCUT2D eigenvalue weighted by atomic mass is 10.0. The average molecular weight is 447 g/mol. The number of aromatic nitrogens is 1. The summed E-state index contributed by atoms with van der Waals surface area (Å²) in [6, 6.07) is 16.8. The van der Waals surface area contributed by atoms with Gasteiger partial charge in [-0.05, 0) is 53.9 Å². The number of rotatable bonds is 8.